The summed E-state index contributed by atoms with van der Waals surface area (Å²) in [5.41, 5.74) is 0.710. The molecular formula is C18H15NO3. The van der Waals surface area contributed by atoms with Crippen molar-refractivity contribution in [2.24, 2.45) is 11.8 Å². The molecule has 0 radical (unpaired) electrons. The van der Waals surface area contributed by atoms with Gasteiger partial charge >= 0.3 is 0 Å². The van der Waals surface area contributed by atoms with Gasteiger partial charge in [0, 0.05) is 5.39 Å². The van der Waals surface area contributed by atoms with Crippen LogP contribution in [-0.2, 0) is 14.3 Å². The molecule has 22 heavy (non-hydrogen) atoms. The molecule has 0 aromatic heterocycles. The van der Waals surface area contributed by atoms with Crippen LogP contribution in [0.25, 0.3) is 10.8 Å². The van der Waals surface area contributed by atoms with Crippen molar-refractivity contribution in [3.05, 3.63) is 42.5 Å². The van der Waals surface area contributed by atoms with Gasteiger partial charge in [-0.15, -0.1) is 0 Å². The van der Waals surface area contributed by atoms with Crippen LogP contribution < -0.4 is 4.90 Å². The SMILES string of the molecule is O=C1[C@@H]2[C@@H](C(=O)N1c1cccc3ccccc13)[C@@H]1CC[C@@H]2O1. The Kier molecular flexibility index (Phi) is 2.34. The Hall–Kier alpha value is -2.20. The molecule has 2 aromatic carbocycles. The lowest BCUT2D eigenvalue weighted by atomic mass is 9.81. The topological polar surface area (TPSA) is 46.6 Å². The predicted molar refractivity (Wildman–Crippen MR) is 81.3 cm³/mol. The molecule has 2 aromatic rings. The number of rotatable bonds is 1. The summed E-state index contributed by atoms with van der Waals surface area (Å²) in [6, 6.07) is 13.6. The van der Waals surface area contributed by atoms with Gasteiger partial charge in [-0.3, -0.25) is 9.59 Å². The normalized spacial score (nSPS) is 33.0. The zero-order valence-electron chi connectivity index (χ0n) is 11.9. The second-order valence-corrected chi connectivity index (χ2v) is 6.35. The van der Waals surface area contributed by atoms with Crippen molar-refractivity contribution in [3.63, 3.8) is 0 Å². The standard InChI is InChI=1S/C18H15NO3/c20-17-15-13-8-9-14(22-13)16(15)18(21)19(17)12-7-3-5-10-4-1-2-6-11(10)12/h1-7,13-16H,8-9H2/t13-,14-,15-,16-/m0/s1. The highest BCUT2D eigenvalue weighted by atomic mass is 16.5. The minimum absolute atomic E-state index is 0.0635. The largest absolute Gasteiger partial charge is 0.373 e. The highest BCUT2D eigenvalue weighted by molar-refractivity contribution is 6.25. The molecule has 2 bridgehead atoms. The Balaban J connectivity index is 1.66. The number of anilines is 1. The number of carbonyl (C=O) groups excluding carboxylic acids is 2. The van der Waals surface area contributed by atoms with Crippen LogP contribution in [-0.4, -0.2) is 24.0 Å². The summed E-state index contributed by atoms with van der Waals surface area (Å²) in [5, 5.41) is 1.98. The summed E-state index contributed by atoms with van der Waals surface area (Å²) in [4.78, 5) is 27.1. The zero-order valence-corrected chi connectivity index (χ0v) is 11.9. The van der Waals surface area contributed by atoms with Crippen LogP contribution in [0.1, 0.15) is 12.8 Å². The first kappa shape index (κ1) is 12.4. The van der Waals surface area contributed by atoms with Crippen molar-refractivity contribution in [1.82, 2.24) is 0 Å². The second-order valence-electron chi connectivity index (χ2n) is 6.35. The molecule has 4 atom stereocenters. The van der Waals surface area contributed by atoms with E-state index in [1.807, 2.05) is 42.5 Å². The van der Waals surface area contributed by atoms with Crippen LogP contribution in [0.3, 0.4) is 0 Å². The molecule has 0 aliphatic carbocycles. The van der Waals surface area contributed by atoms with Crippen LogP contribution in [0.15, 0.2) is 42.5 Å². The van der Waals surface area contributed by atoms with Crippen LogP contribution >= 0.6 is 0 Å². The molecule has 3 aliphatic heterocycles. The van der Waals surface area contributed by atoms with E-state index < -0.39 is 0 Å². The third-order valence-electron chi connectivity index (χ3n) is 5.29. The number of carbonyl (C=O) groups is 2. The average Bonchev–Trinajstić information content (AvgIpc) is 3.21. The van der Waals surface area contributed by atoms with Crippen molar-refractivity contribution >= 4 is 28.3 Å². The first-order valence-electron chi connectivity index (χ1n) is 7.77. The zero-order chi connectivity index (χ0) is 14.8. The van der Waals surface area contributed by atoms with E-state index in [0.717, 1.165) is 23.6 Å². The molecule has 0 N–H and O–H groups in total. The molecule has 3 saturated heterocycles. The maximum atomic E-state index is 12.9. The lowest BCUT2D eigenvalue weighted by Crippen LogP contribution is -2.34. The van der Waals surface area contributed by atoms with E-state index >= 15 is 0 Å². The Labute approximate surface area is 127 Å². The van der Waals surface area contributed by atoms with Crippen molar-refractivity contribution in [1.29, 1.82) is 0 Å². The summed E-state index contributed by atoms with van der Waals surface area (Å²) < 4.78 is 5.78. The molecule has 0 spiro atoms. The Morgan fingerprint density at radius 1 is 0.864 bits per heavy atom. The van der Waals surface area contributed by atoms with E-state index in [9.17, 15) is 9.59 Å². The first-order chi connectivity index (χ1) is 10.8. The average molecular weight is 293 g/mol. The van der Waals surface area contributed by atoms with E-state index in [-0.39, 0.29) is 35.9 Å². The quantitative estimate of drug-likeness (QED) is 0.759. The molecule has 0 saturated carbocycles. The molecule has 4 heteroatoms. The molecule has 5 rings (SSSR count). The number of hydrogen-bond acceptors (Lipinski definition) is 3. The van der Waals surface area contributed by atoms with E-state index in [4.69, 9.17) is 4.74 Å². The van der Waals surface area contributed by atoms with Gasteiger partial charge in [0.25, 0.3) is 0 Å². The van der Waals surface area contributed by atoms with Gasteiger partial charge in [-0.05, 0) is 24.3 Å². The van der Waals surface area contributed by atoms with Gasteiger partial charge in [-0.2, -0.15) is 0 Å². The number of fused-ring (bicyclic) bond motifs is 6. The number of hydrogen-bond donors (Lipinski definition) is 0. The maximum Gasteiger partial charge on any atom is 0.240 e. The highest BCUT2D eigenvalue weighted by Gasteiger charge is 2.62. The molecule has 4 nitrogen and oxygen atoms in total. The second kappa shape index (κ2) is 4.17. The fraction of sp³-hybridized carbons (Fsp3) is 0.333. The number of nitrogens with zero attached hydrogens (tertiary/aromatic N) is 1. The Morgan fingerprint density at radius 3 is 2.23 bits per heavy atom. The molecule has 0 unspecified atom stereocenters. The molecular weight excluding hydrogens is 278 g/mol. The number of benzene rings is 2. The number of ether oxygens (including phenoxy) is 1. The summed E-state index contributed by atoms with van der Waals surface area (Å²) in [7, 11) is 0. The fourth-order valence-electron chi connectivity index (χ4n) is 4.35. The van der Waals surface area contributed by atoms with Crippen LogP contribution in [0, 0.1) is 11.8 Å². The van der Waals surface area contributed by atoms with Crippen molar-refractivity contribution in [3.8, 4) is 0 Å². The van der Waals surface area contributed by atoms with E-state index in [1.54, 1.807) is 0 Å². The van der Waals surface area contributed by atoms with Gasteiger partial charge in [0.05, 0.1) is 29.7 Å². The number of amides is 2. The third-order valence-corrected chi connectivity index (χ3v) is 5.29. The third kappa shape index (κ3) is 1.40. The monoisotopic (exact) mass is 293 g/mol. The fourth-order valence-corrected chi connectivity index (χ4v) is 4.35. The van der Waals surface area contributed by atoms with Gasteiger partial charge in [0.2, 0.25) is 11.8 Å². The van der Waals surface area contributed by atoms with Crippen molar-refractivity contribution in [2.45, 2.75) is 25.0 Å². The Morgan fingerprint density at radius 2 is 1.50 bits per heavy atom. The molecule has 110 valence electrons. The Bertz CT molecular complexity index is 782. The van der Waals surface area contributed by atoms with Crippen LogP contribution in [0.2, 0.25) is 0 Å². The summed E-state index contributed by atoms with van der Waals surface area (Å²) in [5.74, 6) is -0.715. The first-order valence-corrected chi connectivity index (χ1v) is 7.77. The summed E-state index contributed by atoms with van der Waals surface area (Å²) in [6.45, 7) is 0. The highest BCUT2D eigenvalue weighted by Crippen LogP contribution is 2.49. The van der Waals surface area contributed by atoms with Crippen LogP contribution in [0.4, 0.5) is 5.69 Å². The molecule has 3 heterocycles. The van der Waals surface area contributed by atoms with E-state index in [0.29, 0.717) is 5.69 Å². The molecule has 3 aliphatic rings. The van der Waals surface area contributed by atoms with Crippen LogP contribution in [0.5, 0.6) is 0 Å². The predicted octanol–water partition coefficient (Wildman–Crippen LogP) is 2.51. The van der Waals surface area contributed by atoms with Gasteiger partial charge < -0.3 is 4.74 Å². The van der Waals surface area contributed by atoms with Gasteiger partial charge in [-0.25, -0.2) is 4.90 Å². The van der Waals surface area contributed by atoms with Gasteiger partial charge in [0.15, 0.2) is 0 Å². The maximum absolute atomic E-state index is 12.9. The molecule has 3 fully saturated rings. The summed E-state index contributed by atoms with van der Waals surface area (Å²) in [6.07, 6.45) is 1.67. The minimum atomic E-state index is -0.273. The molecule has 2 amide bonds. The lowest BCUT2D eigenvalue weighted by Gasteiger charge is -2.19. The van der Waals surface area contributed by atoms with E-state index in [2.05, 4.69) is 0 Å². The van der Waals surface area contributed by atoms with Crippen molar-refractivity contribution in [2.75, 3.05) is 4.90 Å². The van der Waals surface area contributed by atoms with Gasteiger partial charge in [-0.1, -0.05) is 36.4 Å². The number of imide groups is 1. The smallest absolute Gasteiger partial charge is 0.240 e. The van der Waals surface area contributed by atoms with Gasteiger partial charge in [0.1, 0.15) is 0 Å². The minimum Gasteiger partial charge on any atom is -0.373 e. The van der Waals surface area contributed by atoms with E-state index in [1.165, 1.54) is 4.90 Å². The van der Waals surface area contributed by atoms with Crippen molar-refractivity contribution < 1.29 is 14.3 Å². The summed E-state index contributed by atoms with van der Waals surface area (Å²) >= 11 is 0. The lowest BCUT2D eigenvalue weighted by molar-refractivity contribution is -0.124.